The molecule has 1 aromatic rings. The molecule has 3 heterocycles. The molecule has 0 unspecified atom stereocenters. The van der Waals surface area contributed by atoms with Gasteiger partial charge in [-0.1, -0.05) is 79.4 Å². The molecule has 2 fully saturated rings. The van der Waals surface area contributed by atoms with E-state index in [1.165, 1.54) is 23.5 Å². The SMILES string of the molecule is C[Si](C)(C)CCSc1c(C(=O)N2CCSC2=S)ccc(CN2CCSC2=S)[n+]1[O-]. The van der Waals surface area contributed by atoms with E-state index in [0.717, 1.165) is 38.9 Å². The number of nitrogens with zero attached hydrogens (tertiary/aromatic N) is 3. The van der Waals surface area contributed by atoms with Crippen molar-refractivity contribution in [3.05, 3.63) is 28.6 Å². The minimum atomic E-state index is -1.24. The third-order valence-corrected chi connectivity index (χ3v) is 10.8. The van der Waals surface area contributed by atoms with Gasteiger partial charge in [0.15, 0.2) is 0 Å². The minimum Gasteiger partial charge on any atom is -0.618 e. The molecular weight excluding hydrogens is 479 g/mol. The van der Waals surface area contributed by atoms with Gasteiger partial charge < -0.3 is 10.1 Å². The lowest BCUT2D eigenvalue weighted by Crippen LogP contribution is -2.41. The second-order valence-corrected chi connectivity index (χ2v) is 18.3. The molecule has 5 nitrogen and oxygen atoms in total. The van der Waals surface area contributed by atoms with E-state index in [9.17, 15) is 10.0 Å². The van der Waals surface area contributed by atoms with Crippen LogP contribution in [0.5, 0.6) is 0 Å². The van der Waals surface area contributed by atoms with Gasteiger partial charge >= 0.3 is 0 Å². The molecule has 0 aromatic carbocycles. The summed E-state index contributed by atoms with van der Waals surface area (Å²) in [7, 11) is -1.24. The fraction of sp³-hybridized carbons (Fsp3) is 0.556. The van der Waals surface area contributed by atoms with E-state index < -0.39 is 8.07 Å². The summed E-state index contributed by atoms with van der Waals surface area (Å²) in [6.45, 7) is 8.86. The van der Waals surface area contributed by atoms with Crippen LogP contribution in [0.1, 0.15) is 16.1 Å². The Morgan fingerprint density at radius 1 is 1.21 bits per heavy atom. The van der Waals surface area contributed by atoms with Crippen molar-refractivity contribution in [2.45, 2.75) is 37.3 Å². The van der Waals surface area contributed by atoms with E-state index in [1.807, 2.05) is 4.90 Å². The van der Waals surface area contributed by atoms with Gasteiger partial charge in [-0.15, -0.1) is 0 Å². The number of aromatic nitrogens is 1. The van der Waals surface area contributed by atoms with E-state index in [-0.39, 0.29) is 5.91 Å². The van der Waals surface area contributed by atoms with Crippen LogP contribution in [0.4, 0.5) is 0 Å². The summed E-state index contributed by atoms with van der Waals surface area (Å²) in [5.41, 5.74) is 1.08. The van der Waals surface area contributed by atoms with Gasteiger partial charge in [-0.3, -0.25) is 9.69 Å². The van der Waals surface area contributed by atoms with Crippen molar-refractivity contribution in [3.63, 3.8) is 0 Å². The first-order chi connectivity index (χ1) is 13.7. The van der Waals surface area contributed by atoms with Crippen LogP contribution in [0.15, 0.2) is 17.2 Å². The van der Waals surface area contributed by atoms with Gasteiger partial charge in [-0.05, 0) is 12.1 Å². The zero-order valence-electron chi connectivity index (χ0n) is 16.8. The second-order valence-electron chi connectivity index (χ2n) is 8.10. The number of rotatable bonds is 7. The van der Waals surface area contributed by atoms with E-state index >= 15 is 0 Å². The van der Waals surface area contributed by atoms with Gasteiger partial charge in [0.2, 0.25) is 5.69 Å². The Balaban J connectivity index is 1.89. The first-order valence-electron chi connectivity index (χ1n) is 9.46. The van der Waals surface area contributed by atoms with Crippen molar-refractivity contribution in [2.24, 2.45) is 0 Å². The predicted molar refractivity (Wildman–Crippen MR) is 136 cm³/mol. The van der Waals surface area contributed by atoms with E-state index in [1.54, 1.807) is 28.8 Å². The summed E-state index contributed by atoms with van der Waals surface area (Å²) < 4.78 is 2.37. The van der Waals surface area contributed by atoms with Crippen molar-refractivity contribution >= 4 is 82.3 Å². The quantitative estimate of drug-likeness (QED) is 0.182. The van der Waals surface area contributed by atoms with Gasteiger partial charge in [-0.25, -0.2) is 0 Å². The molecule has 0 bridgehead atoms. The molecule has 1 aromatic heterocycles. The Labute approximate surface area is 196 Å². The maximum absolute atomic E-state index is 13.3. The Morgan fingerprint density at radius 3 is 2.48 bits per heavy atom. The van der Waals surface area contributed by atoms with Crippen LogP contribution in [0.25, 0.3) is 0 Å². The summed E-state index contributed by atoms with van der Waals surface area (Å²) in [4.78, 5) is 16.8. The number of thioether (sulfide) groups is 3. The average Bonchev–Trinajstić information content (AvgIpc) is 3.25. The Hall–Kier alpha value is -0.333. The number of carbonyl (C=O) groups excluding carboxylic acids is 1. The molecule has 0 N–H and O–H groups in total. The molecule has 11 heteroatoms. The third kappa shape index (κ3) is 5.88. The number of carbonyl (C=O) groups is 1. The van der Waals surface area contributed by atoms with Crippen LogP contribution in [-0.4, -0.2) is 62.8 Å². The number of amides is 1. The normalized spacial score (nSPS) is 17.5. The highest BCUT2D eigenvalue weighted by molar-refractivity contribution is 8.23. The van der Waals surface area contributed by atoms with Crippen molar-refractivity contribution in [1.82, 2.24) is 9.80 Å². The molecule has 2 saturated heterocycles. The molecule has 0 aliphatic carbocycles. The third-order valence-electron chi connectivity index (χ3n) is 4.64. The van der Waals surface area contributed by atoms with Gasteiger partial charge in [-0.2, -0.15) is 4.73 Å². The van der Waals surface area contributed by atoms with Gasteiger partial charge in [0.05, 0.1) is 0 Å². The largest absolute Gasteiger partial charge is 0.618 e. The fourth-order valence-corrected chi connectivity index (χ4v) is 8.95. The standard InChI is InChI=1S/C18H25N3O2S5Si/c1-29(2,3)11-10-26-16-14(15(22)20-7-9-28-18(20)25)5-4-13(21(16)23)12-19-6-8-27-17(19)24/h4-5H,6-12H2,1-3H3. The van der Waals surface area contributed by atoms with Crippen LogP contribution >= 0.6 is 59.7 Å². The van der Waals surface area contributed by atoms with E-state index in [2.05, 4.69) is 19.6 Å². The van der Waals surface area contributed by atoms with Crippen molar-refractivity contribution in [3.8, 4) is 0 Å². The van der Waals surface area contributed by atoms with E-state index in [0.29, 0.717) is 33.7 Å². The first-order valence-corrected chi connectivity index (χ1v) is 16.9. The van der Waals surface area contributed by atoms with Crippen LogP contribution in [0, 0.1) is 5.21 Å². The Morgan fingerprint density at radius 2 is 1.90 bits per heavy atom. The molecule has 2 aliphatic rings. The average molecular weight is 504 g/mol. The molecule has 0 saturated carbocycles. The van der Waals surface area contributed by atoms with Crippen molar-refractivity contribution < 1.29 is 9.52 Å². The maximum Gasteiger partial charge on any atom is 0.266 e. The highest BCUT2D eigenvalue weighted by Crippen LogP contribution is 2.28. The lowest BCUT2D eigenvalue weighted by atomic mass is 10.2. The summed E-state index contributed by atoms with van der Waals surface area (Å²) in [5, 5.41) is 13.8. The van der Waals surface area contributed by atoms with Crippen LogP contribution in [0.2, 0.25) is 25.7 Å². The van der Waals surface area contributed by atoms with Gasteiger partial charge in [0.1, 0.15) is 20.7 Å². The molecule has 29 heavy (non-hydrogen) atoms. The van der Waals surface area contributed by atoms with Crippen LogP contribution in [-0.2, 0) is 6.54 Å². The van der Waals surface area contributed by atoms with Crippen molar-refractivity contribution in [1.29, 1.82) is 0 Å². The maximum atomic E-state index is 13.3. The van der Waals surface area contributed by atoms with Crippen LogP contribution in [0.3, 0.4) is 0 Å². The molecular formula is C18H25N3O2S5Si. The second kappa shape index (κ2) is 9.86. The minimum absolute atomic E-state index is 0.168. The molecule has 0 radical (unpaired) electrons. The fourth-order valence-electron chi connectivity index (χ4n) is 2.92. The van der Waals surface area contributed by atoms with Crippen LogP contribution < -0.4 is 4.73 Å². The summed E-state index contributed by atoms with van der Waals surface area (Å²) >= 11 is 15.3. The van der Waals surface area contributed by atoms with Gasteiger partial charge in [0.25, 0.3) is 10.9 Å². The highest BCUT2D eigenvalue weighted by Gasteiger charge is 2.32. The monoisotopic (exact) mass is 503 g/mol. The van der Waals surface area contributed by atoms with E-state index in [4.69, 9.17) is 24.4 Å². The number of hydrogen-bond donors (Lipinski definition) is 0. The Bertz CT molecular complexity index is 830. The van der Waals surface area contributed by atoms with Crippen molar-refractivity contribution in [2.75, 3.05) is 30.3 Å². The lowest BCUT2D eigenvalue weighted by Gasteiger charge is -2.20. The molecule has 3 rings (SSSR count). The Kier molecular flexibility index (Phi) is 7.93. The number of thiocarbonyl (C=S) groups is 2. The van der Waals surface area contributed by atoms with Gasteiger partial charge in [0, 0.05) is 44.5 Å². The summed E-state index contributed by atoms with van der Waals surface area (Å²) in [5.74, 6) is 2.43. The first kappa shape index (κ1) is 23.3. The zero-order valence-corrected chi connectivity index (χ0v) is 21.9. The topological polar surface area (TPSA) is 50.5 Å². The molecule has 2 aliphatic heterocycles. The number of hydrogen-bond acceptors (Lipinski definition) is 7. The zero-order chi connectivity index (χ0) is 21.2. The molecule has 158 valence electrons. The summed E-state index contributed by atoms with van der Waals surface area (Å²) in [6.07, 6.45) is 0. The summed E-state index contributed by atoms with van der Waals surface area (Å²) in [6, 6.07) is 4.64. The lowest BCUT2D eigenvalue weighted by molar-refractivity contribution is -0.654. The predicted octanol–water partition coefficient (Wildman–Crippen LogP) is 4.06. The molecule has 0 spiro atoms. The molecule has 1 amide bonds. The molecule has 0 atom stereocenters. The number of pyridine rings is 1. The highest BCUT2D eigenvalue weighted by atomic mass is 32.2. The smallest absolute Gasteiger partial charge is 0.266 e.